The van der Waals surface area contributed by atoms with Gasteiger partial charge in [-0.15, -0.1) is 11.3 Å². The minimum absolute atomic E-state index is 0.152. The van der Waals surface area contributed by atoms with Crippen LogP contribution in [-0.2, 0) is 0 Å². The molecule has 0 bridgehead atoms. The molecule has 2 aromatic rings. The Morgan fingerprint density at radius 3 is 2.71 bits per heavy atom. The molecule has 0 atom stereocenters. The van der Waals surface area contributed by atoms with Crippen molar-refractivity contribution in [2.75, 3.05) is 5.43 Å². The van der Waals surface area contributed by atoms with Crippen LogP contribution in [0.3, 0.4) is 0 Å². The highest BCUT2D eigenvalue weighted by molar-refractivity contribution is 9.10. The maximum Gasteiger partial charge on any atom is 0.203 e. The Morgan fingerprint density at radius 1 is 1.38 bits per heavy atom. The molecule has 0 radical (unpaired) electrons. The van der Waals surface area contributed by atoms with Crippen LogP contribution in [0.2, 0.25) is 0 Å². The van der Waals surface area contributed by atoms with Gasteiger partial charge in [0.2, 0.25) is 5.13 Å². The van der Waals surface area contributed by atoms with E-state index in [0.717, 1.165) is 26.6 Å². The van der Waals surface area contributed by atoms with Gasteiger partial charge in [-0.1, -0.05) is 0 Å². The Bertz CT molecular complexity index is 633. The van der Waals surface area contributed by atoms with E-state index in [4.69, 9.17) is 4.74 Å². The molecule has 0 unspecified atom stereocenters. The number of benzene rings is 1. The number of hydrogen-bond donors (Lipinski definition) is 1. The van der Waals surface area contributed by atoms with Crippen molar-refractivity contribution >= 4 is 38.6 Å². The van der Waals surface area contributed by atoms with E-state index in [1.54, 1.807) is 17.6 Å². The van der Waals surface area contributed by atoms with Crippen LogP contribution < -0.4 is 10.2 Å². The Hall–Kier alpha value is -1.40. The Balaban J connectivity index is 2.02. The number of nitrogens with one attached hydrogen (secondary N) is 1. The molecule has 2 rings (SSSR count). The molecule has 4 nitrogen and oxygen atoms in total. The highest BCUT2D eigenvalue weighted by Gasteiger charge is 2.04. The van der Waals surface area contributed by atoms with E-state index in [1.807, 2.05) is 45.9 Å². The van der Waals surface area contributed by atoms with E-state index >= 15 is 0 Å². The summed E-state index contributed by atoms with van der Waals surface area (Å²) in [6, 6.07) is 5.87. The SMILES string of the molecule is Cc1nc(N/N=C\c2ccc(OC(C)C)c(Br)c2)sc1C. The number of thiazole rings is 1. The van der Waals surface area contributed by atoms with Gasteiger partial charge in [-0.2, -0.15) is 5.10 Å². The largest absolute Gasteiger partial charge is 0.490 e. The zero-order valence-electron chi connectivity index (χ0n) is 12.5. The third-order valence-corrected chi connectivity index (χ3v) is 4.32. The van der Waals surface area contributed by atoms with Gasteiger partial charge in [0.1, 0.15) is 5.75 Å². The van der Waals surface area contributed by atoms with E-state index in [9.17, 15) is 0 Å². The molecular formula is C15H18BrN3OS. The van der Waals surface area contributed by atoms with Gasteiger partial charge in [-0.25, -0.2) is 4.98 Å². The molecule has 0 aliphatic carbocycles. The number of ether oxygens (including phenoxy) is 1. The number of halogens is 1. The predicted octanol–water partition coefficient (Wildman–Crippen LogP) is 4.76. The topological polar surface area (TPSA) is 46.5 Å². The highest BCUT2D eigenvalue weighted by Crippen LogP contribution is 2.26. The minimum atomic E-state index is 0.152. The molecule has 0 fully saturated rings. The normalized spacial score (nSPS) is 11.3. The average Bonchev–Trinajstić information content (AvgIpc) is 2.71. The summed E-state index contributed by atoms with van der Waals surface area (Å²) in [6.07, 6.45) is 1.91. The van der Waals surface area contributed by atoms with Crippen molar-refractivity contribution in [1.82, 2.24) is 4.98 Å². The van der Waals surface area contributed by atoms with Crippen molar-refractivity contribution in [3.05, 3.63) is 38.8 Å². The molecule has 1 heterocycles. The first-order valence-electron chi connectivity index (χ1n) is 6.65. The third kappa shape index (κ3) is 4.54. The van der Waals surface area contributed by atoms with Crippen molar-refractivity contribution < 1.29 is 4.74 Å². The summed E-state index contributed by atoms with van der Waals surface area (Å²) in [5.41, 5.74) is 4.97. The first-order chi connectivity index (χ1) is 9.95. The average molecular weight is 368 g/mol. The number of aryl methyl sites for hydroxylation is 2. The van der Waals surface area contributed by atoms with Crippen molar-refractivity contribution in [3.63, 3.8) is 0 Å². The lowest BCUT2D eigenvalue weighted by atomic mass is 10.2. The third-order valence-electron chi connectivity index (χ3n) is 2.72. The van der Waals surface area contributed by atoms with Gasteiger partial charge < -0.3 is 4.74 Å². The molecular weight excluding hydrogens is 350 g/mol. The number of hydrazone groups is 1. The monoisotopic (exact) mass is 367 g/mol. The summed E-state index contributed by atoms with van der Waals surface area (Å²) in [5.74, 6) is 0.835. The van der Waals surface area contributed by atoms with Crippen LogP contribution >= 0.6 is 27.3 Å². The van der Waals surface area contributed by atoms with Crippen LogP contribution in [0.4, 0.5) is 5.13 Å². The molecule has 1 aromatic heterocycles. The molecule has 0 saturated carbocycles. The smallest absolute Gasteiger partial charge is 0.203 e. The number of aromatic nitrogens is 1. The predicted molar refractivity (Wildman–Crippen MR) is 92.7 cm³/mol. The number of hydrogen-bond acceptors (Lipinski definition) is 5. The van der Waals surface area contributed by atoms with E-state index in [0.29, 0.717) is 0 Å². The summed E-state index contributed by atoms with van der Waals surface area (Å²) < 4.78 is 6.59. The van der Waals surface area contributed by atoms with Crippen LogP contribution in [0, 0.1) is 13.8 Å². The van der Waals surface area contributed by atoms with E-state index in [1.165, 1.54) is 4.88 Å². The van der Waals surface area contributed by atoms with Crippen molar-refractivity contribution in [1.29, 1.82) is 0 Å². The summed E-state index contributed by atoms with van der Waals surface area (Å²) in [7, 11) is 0. The van der Waals surface area contributed by atoms with Gasteiger partial charge in [0.25, 0.3) is 0 Å². The van der Waals surface area contributed by atoms with Crippen LogP contribution in [-0.4, -0.2) is 17.3 Å². The standard InChI is InChI=1S/C15H18BrN3OS/c1-9(2)20-14-6-5-12(7-13(14)16)8-17-19-15-18-10(3)11(4)21-15/h5-9H,1-4H3,(H,18,19)/b17-8-. The zero-order chi connectivity index (χ0) is 15.4. The van der Waals surface area contributed by atoms with Crippen molar-refractivity contribution in [2.45, 2.75) is 33.8 Å². The first-order valence-corrected chi connectivity index (χ1v) is 8.26. The van der Waals surface area contributed by atoms with Gasteiger partial charge in [0, 0.05) is 4.88 Å². The molecule has 112 valence electrons. The minimum Gasteiger partial charge on any atom is -0.490 e. The lowest BCUT2D eigenvalue weighted by molar-refractivity contribution is 0.241. The fourth-order valence-corrected chi connectivity index (χ4v) is 2.88. The highest BCUT2D eigenvalue weighted by atomic mass is 79.9. The Kier molecular flexibility index (Phi) is 5.36. The van der Waals surface area contributed by atoms with Crippen LogP contribution in [0.5, 0.6) is 5.75 Å². The lowest BCUT2D eigenvalue weighted by Crippen LogP contribution is -2.06. The van der Waals surface area contributed by atoms with Crippen LogP contribution in [0.15, 0.2) is 27.8 Å². The van der Waals surface area contributed by atoms with Crippen molar-refractivity contribution in [2.24, 2.45) is 5.10 Å². The Morgan fingerprint density at radius 2 is 2.14 bits per heavy atom. The van der Waals surface area contributed by atoms with E-state index in [2.05, 4.69) is 31.4 Å². The van der Waals surface area contributed by atoms with Gasteiger partial charge in [0.15, 0.2) is 0 Å². The van der Waals surface area contributed by atoms with Crippen LogP contribution in [0.25, 0.3) is 0 Å². The van der Waals surface area contributed by atoms with Gasteiger partial charge in [0.05, 0.1) is 22.5 Å². The fraction of sp³-hybridized carbons (Fsp3) is 0.333. The number of rotatable bonds is 5. The molecule has 0 spiro atoms. The second-order valence-corrected chi connectivity index (χ2v) is 6.94. The Labute approximate surface area is 137 Å². The van der Waals surface area contributed by atoms with E-state index in [-0.39, 0.29) is 6.10 Å². The van der Waals surface area contributed by atoms with Gasteiger partial charge in [-0.05, 0) is 67.4 Å². The molecule has 1 aromatic carbocycles. The van der Waals surface area contributed by atoms with Gasteiger partial charge in [-0.3, -0.25) is 5.43 Å². The molecule has 6 heteroatoms. The molecule has 0 aliphatic rings. The van der Waals surface area contributed by atoms with Crippen LogP contribution in [0.1, 0.15) is 30.0 Å². The molecule has 0 amide bonds. The summed E-state index contributed by atoms with van der Waals surface area (Å²) in [6.45, 7) is 8.05. The summed E-state index contributed by atoms with van der Waals surface area (Å²) in [5, 5.41) is 5.01. The number of anilines is 1. The lowest BCUT2D eigenvalue weighted by Gasteiger charge is -2.11. The second-order valence-electron chi connectivity index (χ2n) is 4.89. The van der Waals surface area contributed by atoms with E-state index < -0.39 is 0 Å². The maximum atomic E-state index is 5.67. The first kappa shape index (κ1) is 16.0. The zero-order valence-corrected chi connectivity index (χ0v) is 14.9. The van der Waals surface area contributed by atoms with Gasteiger partial charge >= 0.3 is 0 Å². The summed E-state index contributed by atoms with van der Waals surface area (Å²) in [4.78, 5) is 5.57. The quantitative estimate of drug-likeness (QED) is 0.612. The number of nitrogens with zero attached hydrogens (tertiary/aromatic N) is 2. The molecule has 0 saturated heterocycles. The fourth-order valence-electron chi connectivity index (χ4n) is 1.63. The molecule has 1 N–H and O–H groups in total. The summed E-state index contributed by atoms with van der Waals surface area (Å²) >= 11 is 5.10. The van der Waals surface area contributed by atoms with Crippen molar-refractivity contribution in [3.8, 4) is 5.75 Å². The molecule has 21 heavy (non-hydrogen) atoms. The molecule has 0 aliphatic heterocycles. The second kappa shape index (κ2) is 7.04. The maximum absolute atomic E-state index is 5.67.